The number of hydrogen-bond acceptors (Lipinski definition) is 3. The Balaban J connectivity index is 2.21. The van der Waals surface area contributed by atoms with Crippen LogP contribution >= 0.6 is 0 Å². The highest BCUT2D eigenvalue weighted by molar-refractivity contribution is 5.96. The first kappa shape index (κ1) is 13.6. The molecule has 2 rings (SSSR count). The van der Waals surface area contributed by atoms with Gasteiger partial charge in [-0.25, -0.2) is 9.59 Å². The lowest BCUT2D eigenvalue weighted by Gasteiger charge is -2.07. The summed E-state index contributed by atoms with van der Waals surface area (Å²) in [4.78, 5) is 22.3. The van der Waals surface area contributed by atoms with Crippen molar-refractivity contribution >= 4 is 28.5 Å². The molecule has 0 aliphatic rings. The Hall–Kier alpha value is -2.82. The Morgan fingerprint density at radius 3 is 2.60 bits per heavy atom. The average molecular weight is 271 g/mol. The summed E-state index contributed by atoms with van der Waals surface area (Å²) in [7, 11) is 0. The summed E-state index contributed by atoms with van der Waals surface area (Å²) in [5, 5.41) is 13.1. The van der Waals surface area contributed by atoms with Crippen LogP contribution in [0.3, 0.4) is 0 Å². The number of nitrogens with one attached hydrogen (secondary N) is 1. The first-order valence-electron chi connectivity index (χ1n) is 5.92. The van der Waals surface area contributed by atoms with Crippen LogP contribution in [0.15, 0.2) is 49.1 Å². The summed E-state index contributed by atoms with van der Waals surface area (Å²) in [5.41, 5.74) is 0.804. The van der Waals surface area contributed by atoms with Crippen LogP contribution in [-0.4, -0.2) is 23.8 Å². The number of benzene rings is 2. The lowest BCUT2D eigenvalue weighted by Crippen LogP contribution is -2.13. The van der Waals surface area contributed by atoms with E-state index in [1.807, 2.05) is 0 Å². The summed E-state index contributed by atoms with van der Waals surface area (Å²) < 4.78 is 4.81. The van der Waals surface area contributed by atoms with E-state index in [2.05, 4.69) is 11.9 Å². The van der Waals surface area contributed by atoms with E-state index < -0.39 is 12.1 Å². The smallest absolute Gasteiger partial charge is 0.411 e. The quantitative estimate of drug-likeness (QED) is 0.837. The maximum atomic E-state index is 11.4. The van der Waals surface area contributed by atoms with Gasteiger partial charge in [0.05, 0.1) is 5.56 Å². The monoisotopic (exact) mass is 271 g/mol. The van der Waals surface area contributed by atoms with Crippen molar-refractivity contribution in [3.05, 3.63) is 54.6 Å². The van der Waals surface area contributed by atoms with Crippen LogP contribution in [-0.2, 0) is 4.74 Å². The van der Waals surface area contributed by atoms with Crippen molar-refractivity contribution in [1.82, 2.24) is 0 Å². The zero-order chi connectivity index (χ0) is 14.5. The van der Waals surface area contributed by atoms with Crippen molar-refractivity contribution in [2.75, 3.05) is 11.9 Å². The Morgan fingerprint density at radius 1 is 1.20 bits per heavy atom. The van der Waals surface area contributed by atoms with Crippen LogP contribution in [0.4, 0.5) is 10.5 Å². The third-order valence-corrected chi connectivity index (χ3v) is 2.67. The first-order chi connectivity index (χ1) is 9.60. The molecule has 0 heterocycles. The van der Waals surface area contributed by atoms with Gasteiger partial charge in [0, 0.05) is 5.69 Å². The number of carboxylic acids is 1. The zero-order valence-electron chi connectivity index (χ0n) is 10.6. The van der Waals surface area contributed by atoms with Gasteiger partial charge in [0.25, 0.3) is 0 Å². The van der Waals surface area contributed by atoms with E-state index in [0.717, 1.165) is 10.8 Å². The maximum Gasteiger partial charge on any atom is 0.411 e. The number of aromatic carboxylic acids is 1. The van der Waals surface area contributed by atoms with Gasteiger partial charge in [0.1, 0.15) is 6.61 Å². The van der Waals surface area contributed by atoms with Crippen molar-refractivity contribution in [2.24, 2.45) is 0 Å². The van der Waals surface area contributed by atoms with Gasteiger partial charge in [-0.1, -0.05) is 24.8 Å². The molecular formula is C15H13NO4. The van der Waals surface area contributed by atoms with E-state index in [-0.39, 0.29) is 12.2 Å². The van der Waals surface area contributed by atoms with Crippen LogP contribution < -0.4 is 5.32 Å². The molecule has 0 aliphatic carbocycles. The van der Waals surface area contributed by atoms with Crippen LogP contribution in [0.25, 0.3) is 10.8 Å². The van der Waals surface area contributed by atoms with E-state index in [1.54, 1.807) is 30.3 Å². The minimum absolute atomic E-state index is 0.140. The molecule has 0 bridgehead atoms. The fraction of sp³-hybridized carbons (Fsp3) is 0.0667. The molecule has 0 atom stereocenters. The number of ether oxygens (including phenoxy) is 1. The van der Waals surface area contributed by atoms with Gasteiger partial charge < -0.3 is 9.84 Å². The first-order valence-corrected chi connectivity index (χ1v) is 5.92. The Morgan fingerprint density at radius 2 is 1.90 bits per heavy atom. The number of hydrogen-bond donors (Lipinski definition) is 2. The van der Waals surface area contributed by atoms with Crippen LogP contribution in [0, 0.1) is 0 Å². The number of fused-ring (bicyclic) bond motifs is 1. The normalized spacial score (nSPS) is 10.0. The highest BCUT2D eigenvalue weighted by atomic mass is 16.5. The van der Waals surface area contributed by atoms with Crippen LogP contribution in [0.5, 0.6) is 0 Å². The van der Waals surface area contributed by atoms with Crippen LogP contribution in [0.2, 0.25) is 0 Å². The molecule has 0 unspecified atom stereocenters. The van der Waals surface area contributed by atoms with Gasteiger partial charge in [-0.3, -0.25) is 5.32 Å². The molecule has 1 amide bonds. The number of amides is 1. The van der Waals surface area contributed by atoms with Gasteiger partial charge in [-0.15, -0.1) is 0 Å². The molecule has 5 heteroatoms. The largest absolute Gasteiger partial charge is 0.478 e. The fourth-order valence-electron chi connectivity index (χ4n) is 1.75. The molecule has 2 aromatic rings. The Labute approximate surface area is 115 Å². The summed E-state index contributed by atoms with van der Waals surface area (Å²) in [6, 6.07) is 9.96. The van der Waals surface area contributed by atoms with Crippen molar-refractivity contribution in [2.45, 2.75) is 0 Å². The maximum absolute atomic E-state index is 11.4. The summed E-state index contributed by atoms with van der Waals surface area (Å²) >= 11 is 0. The van der Waals surface area contributed by atoms with Gasteiger partial charge in [0.15, 0.2) is 0 Å². The van der Waals surface area contributed by atoms with Gasteiger partial charge >= 0.3 is 12.1 Å². The summed E-state index contributed by atoms with van der Waals surface area (Å²) in [6.07, 6.45) is 0.916. The second-order valence-corrected chi connectivity index (χ2v) is 4.09. The second kappa shape index (κ2) is 5.88. The predicted molar refractivity (Wildman–Crippen MR) is 76.1 cm³/mol. The third-order valence-electron chi connectivity index (χ3n) is 2.67. The molecule has 0 radical (unpaired) electrons. The van der Waals surface area contributed by atoms with E-state index in [4.69, 9.17) is 9.84 Å². The standard InChI is InChI=1S/C15H13NO4/c1-2-7-20-15(19)16-13-6-5-10-8-12(14(17)18)4-3-11(10)9-13/h2-6,8-9H,1,7H2,(H,16,19)(H,17,18). The minimum atomic E-state index is -0.970. The molecule has 0 aromatic heterocycles. The molecule has 2 N–H and O–H groups in total. The van der Waals surface area contributed by atoms with E-state index >= 15 is 0 Å². The molecule has 20 heavy (non-hydrogen) atoms. The highest BCUT2D eigenvalue weighted by Gasteiger charge is 2.06. The minimum Gasteiger partial charge on any atom is -0.478 e. The zero-order valence-corrected chi connectivity index (χ0v) is 10.6. The number of carbonyl (C=O) groups is 2. The molecule has 0 fully saturated rings. The van der Waals surface area contributed by atoms with Gasteiger partial charge in [-0.2, -0.15) is 0 Å². The fourth-order valence-corrected chi connectivity index (χ4v) is 1.75. The number of anilines is 1. The molecular weight excluding hydrogens is 258 g/mol. The van der Waals surface area contributed by atoms with Crippen molar-refractivity contribution in [1.29, 1.82) is 0 Å². The predicted octanol–water partition coefficient (Wildman–Crippen LogP) is 3.27. The van der Waals surface area contributed by atoms with Crippen molar-refractivity contribution in [3.63, 3.8) is 0 Å². The highest BCUT2D eigenvalue weighted by Crippen LogP contribution is 2.20. The SMILES string of the molecule is C=CCOC(=O)Nc1ccc2cc(C(=O)O)ccc2c1. The molecule has 0 spiro atoms. The van der Waals surface area contributed by atoms with E-state index in [1.165, 1.54) is 12.1 Å². The lowest BCUT2D eigenvalue weighted by molar-refractivity contribution is 0.0697. The van der Waals surface area contributed by atoms with Crippen LogP contribution in [0.1, 0.15) is 10.4 Å². The van der Waals surface area contributed by atoms with Gasteiger partial charge in [-0.05, 0) is 35.0 Å². The van der Waals surface area contributed by atoms with Gasteiger partial charge in [0.2, 0.25) is 0 Å². The Kier molecular flexibility index (Phi) is 4.00. The molecule has 0 aliphatic heterocycles. The molecule has 102 valence electrons. The van der Waals surface area contributed by atoms with Crippen molar-refractivity contribution in [3.8, 4) is 0 Å². The summed E-state index contributed by atoms with van der Waals surface area (Å²) in [6.45, 7) is 3.59. The number of carboxylic acid groups (broad SMARTS) is 1. The van der Waals surface area contributed by atoms with E-state index in [9.17, 15) is 9.59 Å². The molecule has 2 aromatic carbocycles. The lowest BCUT2D eigenvalue weighted by atomic mass is 10.1. The van der Waals surface area contributed by atoms with E-state index in [0.29, 0.717) is 5.69 Å². The van der Waals surface area contributed by atoms with Crippen molar-refractivity contribution < 1.29 is 19.4 Å². The average Bonchev–Trinajstić information content (AvgIpc) is 2.44. The number of carbonyl (C=O) groups excluding carboxylic acids is 1. The molecule has 5 nitrogen and oxygen atoms in total. The topological polar surface area (TPSA) is 75.6 Å². The third kappa shape index (κ3) is 3.14. The Bertz CT molecular complexity index is 679. The number of rotatable bonds is 4. The molecule has 0 saturated carbocycles. The second-order valence-electron chi connectivity index (χ2n) is 4.09. The molecule has 0 saturated heterocycles. The summed E-state index contributed by atoms with van der Waals surface area (Å²) in [5.74, 6) is -0.970.